The van der Waals surface area contributed by atoms with Gasteiger partial charge < -0.3 is 4.90 Å². The third-order valence-corrected chi connectivity index (χ3v) is 4.16. The minimum Gasteiger partial charge on any atom is -0.338 e. The number of rotatable bonds is 4. The Kier molecular flexibility index (Phi) is 5.47. The summed E-state index contributed by atoms with van der Waals surface area (Å²) in [5, 5.41) is 0.695. The fourth-order valence-corrected chi connectivity index (χ4v) is 2.10. The topological polar surface area (TPSA) is 20.3 Å². The second-order valence-electron chi connectivity index (χ2n) is 4.06. The lowest BCUT2D eigenvalue weighted by Gasteiger charge is -2.27. The van der Waals surface area contributed by atoms with Gasteiger partial charge in [0, 0.05) is 12.1 Å². The van der Waals surface area contributed by atoms with Gasteiger partial charge in [-0.15, -0.1) is 0 Å². The van der Waals surface area contributed by atoms with E-state index >= 15 is 0 Å². The van der Waals surface area contributed by atoms with Gasteiger partial charge in [0.05, 0.1) is 10.9 Å². The summed E-state index contributed by atoms with van der Waals surface area (Å²) in [5.74, 6) is 0.0972. The van der Waals surface area contributed by atoms with Crippen molar-refractivity contribution in [2.45, 2.75) is 31.1 Å². The van der Waals surface area contributed by atoms with Gasteiger partial charge in [-0.1, -0.05) is 46.6 Å². The van der Waals surface area contributed by atoms with Gasteiger partial charge in [-0.2, -0.15) is 0 Å². The molecular formula is C13H17BrClNO. The van der Waals surface area contributed by atoms with Gasteiger partial charge in [0.1, 0.15) is 0 Å². The van der Waals surface area contributed by atoms with E-state index in [1.165, 1.54) is 0 Å². The summed E-state index contributed by atoms with van der Waals surface area (Å²) in [7, 11) is 1.82. The Morgan fingerprint density at radius 1 is 1.53 bits per heavy atom. The van der Waals surface area contributed by atoms with Crippen molar-refractivity contribution in [2.75, 3.05) is 7.05 Å². The lowest BCUT2D eigenvalue weighted by atomic mass is 10.1. The van der Waals surface area contributed by atoms with Crippen molar-refractivity contribution >= 4 is 33.4 Å². The Labute approximate surface area is 116 Å². The summed E-state index contributed by atoms with van der Waals surface area (Å²) < 4.78 is 0. The van der Waals surface area contributed by atoms with Crippen LogP contribution in [0.5, 0.6) is 0 Å². The molecule has 0 saturated carbocycles. The van der Waals surface area contributed by atoms with Gasteiger partial charge in [-0.05, 0) is 31.0 Å². The number of halogens is 2. The molecule has 0 bridgehead atoms. The van der Waals surface area contributed by atoms with E-state index < -0.39 is 0 Å². The highest BCUT2D eigenvalue weighted by molar-refractivity contribution is 9.10. The van der Waals surface area contributed by atoms with Crippen LogP contribution in [0.3, 0.4) is 0 Å². The molecule has 0 heterocycles. The van der Waals surface area contributed by atoms with E-state index in [9.17, 15) is 4.79 Å². The van der Waals surface area contributed by atoms with E-state index in [2.05, 4.69) is 15.9 Å². The maximum atomic E-state index is 12.0. The SMILES string of the molecule is CCC(Br)C(=O)N(C)C(C)c1cccc(Cl)c1. The number of alkyl halides is 1. The first-order valence-electron chi connectivity index (χ1n) is 5.63. The van der Waals surface area contributed by atoms with E-state index in [0.717, 1.165) is 12.0 Å². The standard InChI is InChI=1S/C13H17BrClNO/c1-4-12(14)13(17)16(3)9(2)10-6-5-7-11(15)8-10/h5-9,12H,4H2,1-3H3. The van der Waals surface area contributed by atoms with Crippen molar-refractivity contribution in [2.24, 2.45) is 0 Å². The molecule has 2 nitrogen and oxygen atoms in total. The smallest absolute Gasteiger partial charge is 0.236 e. The molecule has 0 saturated heterocycles. The lowest BCUT2D eigenvalue weighted by molar-refractivity contribution is -0.131. The van der Waals surface area contributed by atoms with E-state index in [1.807, 2.05) is 45.2 Å². The Bertz CT molecular complexity index is 397. The molecule has 0 fully saturated rings. The molecule has 2 atom stereocenters. The van der Waals surface area contributed by atoms with Crippen LogP contribution in [0.4, 0.5) is 0 Å². The van der Waals surface area contributed by atoms with Gasteiger partial charge in [0.2, 0.25) is 5.91 Å². The summed E-state index contributed by atoms with van der Waals surface area (Å²) in [5.41, 5.74) is 1.05. The second-order valence-corrected chi connectivity index (χ2v) is 5.60. The number of amides is 1. The number of nitrogens with zero attached hydrogens (tertiary/aromatic N) is 1. The maximum Gasteiger partial charge on any atom is 0.236 e. The molecule has 0 aliphatic heterocycles. The Morgan fingerprint density at radius 3 is 2.71 bits per heavy atom. The van der Waals surface area contributed by atoms with E-state index in [4.69, 9.17) is 11.6 Å². The van der Waals surface area contributed by atoms with E-state index in [0.29, 0.717) is 5.02 Å². The zero-order chi connectivity index (χ0) is 13.0. The maximum absolute atomic E-state index is 12.0. The van der Waals surface area contributed by atoms with Crippen molar-refractivity contribution < 1.29 is 4.79 Å². The molecule has 2 unspecified atom stereocenters. The van der Waals surface area contributed by atoms with Crippen LogP contribution in [0.25, 0.3) is 0 Å². The fraction of sp³-hybridized carbons (Fsp3) is 0.462. The van der Waals surface area contributed by atoms with Crippen molar-refractivity contribution in [3.63, 3.8) is 0 Å². The Hall–Kier alpha value is -0.540. The number of hydrogen-bond donors (Lipinski definition) is 0. The highest BCUT2D eigenvalue weighted by Gasteiger charge is 2.22. The minimum absolute atomic E-state index is 0.0211. The van der Waals surface area contributed by atoms with Crippen LogP contribution in [-0.2, 0) is 4.79 Å². The normalized spacial score (nSPS) is 14.2. The van der Waals surface area contributed by atoms with Gasteiger partial charge in [0.25, 0.3) is 0 Å². The van der Waals surface area contributed by atoms with Gasteiger partial charge in [0.15, 0.2) is 0 Å². The predicted molar refractivity (Wildman–Crippen MR) is 75.6 cm³/mol. The third kappa shape index (κ3) is 3.71. The Morgan fingerprint density at radius 2 is 2.18 bits per heavy atom. The lowest BCUT2D eigenvalue weighted by Crippen LogP contribution is -2.35. The monoisotopic (exact) mass is 317 g/mol. The molecule has 1 aromatic carbocycles. The number of carbonyl (C=O) groups is 1. The van der Waals surface area contributed by atoms with Crippen LogP contribution in [0.2, 0.25) is 5.02 Å². The molecule has 1 rings (SSSR count). The van der Waals surface area contributed by atoms with E-state index in [-0.39, 0.29) is 16.8 Å². The average molecular weight is 319 g/mol. The van der Waals surface area contributed by atoms with Crippen molar-refractivity contribution in [3.8, 4) is 0 Å². The molecule has 0 aromatic heterocycles. The van der Waals surface area contributed by atoms with Crippen LogP contribution < -0.4 is 0 Å². The molecule has 4 heteroatoms. The van der Waals surface area contributed by atoms with Crippen LogP contribution in [-0.4, -0.2) is 22.7 Å². The number of hydrogen-bond acceptors (Lipinski definition) is 1. The first kappa shape index (κ1) is 14.5. The first-order chi connectivity index (χ1) is 7.97. The van der Waals surface area contributed by atoms with Gasteiger partial charge in [-0.25, -0.2) is 0 Å². The van der Waals surface area contributed by atoms with Gasteiger partial charge >= 0.3 is 0 Å². The van der Waals surface area contributed by atoms with Crippen molar-refractivity contribution in [1.29, 1.82) is 0 Å². The molecule has 0 aliphatic rings. The Balaban J connectivity index is 2.82. The van der Waals surface area contributed by atoms with Crippen LogP contribution >= 0.6 is 27.5 Å². The number of benzene rings is 1. The highest BCUT2D eigenvalue weighted by Crippen LogP contribution is 2.23. The third-order valence-electron chi connectivity index (χ3n) is 2.89. The summed E-state index contributed by atoms with van der Waals surface area (Å²) in [6.07, 6.45) is 0.783. The summed E-state index contributed by atoms with van der Waals surface area (Å²) in [4.78, 5) is 13.6. The predicted octanol–water partition coefficient (Wildman–Crippen LogP) is 4.03. The van der Waals surface area contributed by atoms with Crippen molar-refractivity contribution in [3.05, 3.63) is 34.9 Å². The minimum atomic E-state index is -0.117. The highest BCUT2D eigenvalue weighted by atomic mass is 79.9. The molecule has 0 spiro atoms. The fourth-order valence-electron chi connectivity index (χ4n) is 1.58. The van der Waals surface area contributed by atoms with Gasteiger partial charge in [-0.3, -0.25) is 4.79 Å². The van der Waals surface area contributed by atoms with Crippen LogP contribution in [0.1, 0.15) is 31.9 Å². The molecule has 0 radical (unpaired) electrons. The van der Waals surface area contributed by atoms with Crippen LogP contribution in [0.15, 0.2) is 24.3 Å². The largest absolute Gasteiger partial charge is 0.338 e. The molecule has 94 valence electrons. The van der Waals surface area contributed by atoms with Crippen LogP contribution in [0, 0.1) is 0 Å². The molecule has 0 N–H and O–H groups in total. The summed E-state index contributed by atoms with van der Waals surface area (Å²) in [6.45, 7) is 3.98. The molecule has 0 aliphatic carbocycles. The number of carbonyl (C=O) groups excluding carboxylic acids is 1. The van der Waals surface area contributed by atoms with Crippen molar-refractivity contribution in [1.82, 2.24) is 4.90 Å². The quantitative estimate of drug-likeness (QED) is 0.767. The zero-order valence-electron chi connectivity index (χ0n) is 10.3. The summed E-state index contributed by atoms with van der Waals surface area (Å²) >= 11 is 9.33. The molecule has 1 amide bonds. The summed E-state index contributed by atoms with van der Waals surface area (Å²) in [6, 6.07) is 7.63. The zero-order valence-corrected chi connectivity index (χ0v) is 12.6. The average Bonchev–Trinajstić information content (AvgIpc) is 2.35. The van der Waals surface area contributed by atoms with E-state index in [1.54, 1.807) is 4.90 Å². The molecule has 17 heavy (non-hydrogen) atoms. The second kappa shape index (κ2) is 6.41. The molecule has 1 aromatic rings. The molecular weight excluding hydrogens is 302 g/mol. The first-order valence-corrected chi connectivity index (χ1v) is 6.93.